The van der Waals surface area contributed by atoms with E-state index in [-0.39, 0.29) is 30.6 Å². The molecule has 2 rings (SSSR count). The maximum Gasteiger partial charge on any atom is 0.317 e. The van der Waals surface area contributed by atoms with Crippen LogP contribution < -0.4 is 0 Å². The van der Waals surface area contributed by atoms with E-state index in [4.69, 9.17) is 5.11 Å². The number of carboxylic acid groups (broad SMARTS) is 1. The summed E-state index contributed by atoms with van der Waals surface area (Å²) in [5.41, 5.74) is 0. The molecule has 0 aromatic carbocycles. The van der Waals surface area contributed by atoms with Crippen molar-refractivity contribution in [3.05, 3.63) is 0 Å². The summed E-state index contributed by atoms with van der Waals surface area (Å²) in [6.45, 7) is 0.0465. The topological polar surface area (TPSA) is 94.9 Å². The van der Waals surface area contributed by atoms with Gasteiger partial charge in [0.15, 0.2) is 9.84 Å². The van der Waals surface area contributed by atoms with E-state index in [0.717, 1.165) is 12.8 Å². The van der Waals surface area contributed by atoms with Crippen LogP contribution >= 0.6 is 0 Å². The second-order valence-electron chi connectivity index (χ2n) is 6.42. The van der Waals surface area contributed by atoms with Crippen LogP contribution in [0, 0.1) is 5.92 Å². The predicted octanol–water partition coefficient (Wildman–Crippen LogP) is 0.501. The number of hydrogen-bond donors (Lipinski definition) is 2. The first kappa shape index (κ1) is 16.7. The number of aliphatic hydroxyl groups excluding tert-OH is 1. The molecule has 0 aromatic heterocycles. The van der Waals surface area contributed by atoms with Gasteiger partial charge in [-0.1, -0.05) is 25.7 Å². The van der Waals surface area contributed by atoms with Gasteiger partial charge in [-0.05, 0) is 18.8 Å². The molecule has 2 fully saturated rings. The highest BCUT2D eigenvalue weighted by atomic mass is 32.2. The zero-order valence-corrected chi connectivity index (χ0v) is 13.1. The van der Waals surface area contributed by atoms with Crippen LogP contribution in [0.3, 0.4) is 0 Å². The van der Waals surface area contributed by atoms with Crippen LogP contribution in [0.5, 0.6) is 0 Å². The first-order valence-electron chi connectivity index (χ1n) is 7.70. The Morgan fingerprint density at radius 1 is 1.24 bits per heavy atom. The molecule has 1 heterocycles. The number of carboxylic acids is 1. The van der Waals surface area contributed by atoms with Gasteiger partial charge < -0.3 is 10.2 Å². The molecule has 2 N–H and O–H groups in total. The second kappa shape index (κ2) is 7.07. The first-order chi connectivity index (χ1) is 9.85. The Morgan fingerprint density at radius 3 is 2.43 bits per heavy atom. The Labute approximate surface area is 126 Å². The Bertz CT molecular complexity index is 458. The zero-order valence-electron chi connectivity index (χ0n) is 12.3. The van der Waals surface area contributed by atoms with Gasteiger partial charge >= 0.3 is 5.97 Å². The molecule has 0 radical (unpaired) electrons. The van der Waals surface area contributed by atoms with Crippen molar-refractivity contribution >= 4 is 15.8 Å². The van der Waals surface area contributed by atoms with Crippen LogP contribution in [-0.2, 0) is 14.6 Å². The normalized spacial score (nSPS) is 27.2. The van der Waals surface area contributed by atoms with Gasteiger partial charge in [-0.15, -0.1) is 0 Å². The Balaban J connectivity index is 1.90. The fourth-order valence-corrected chi connectivity index (χ4v) is 5.32. The van der Waals surface area contributed by atoms with E-state index in [1.165, 1.54) is 12.8 Å². The van der Waals surface area contributed by atoms with Crippen LogP contribution in [0.1, 0.15) is 38.5 Å². The summed E-state index contributed by atoms with van der Waals surface area (Å²) in [5.74, 6) is -0.325. The summed E-state index contributed by atoms with van der Waals surface area (Å²) in [5, 5.41) is 19.2. The molecule has 1 aliphatic heterocycles. The van der Waals surface area contributed by atoms with E-state index in [1.54, 1.807) is 4.90 Å². The molecular weight excluding hydrogens is 294 g/mol. The molecule has 1 aliphatic carbocycles. The number of aliphatic carboxylic acids is 1. The fraction of sp³-hybridized carbons (Fsp3) is 0.929. The van der Waals surface area contributed by atoms with Crippen molar-refractivity contribution in [2.45, 2.75) is 50.7 Å². The largest absolute Gasteiger partial charge is 0.480 e. The van der Waals surface area contributed by atoms with Crippen LogP contribution in [0.25, 0.3) is 0 Å². The van der Waals surface area contributed by atoms with Crippen molar-refractivity contribution < 1.29 is 23.4 Å². The molecule has 0 aromatic rings. The minimum atomic E-state index is -3.05. The van der Waals surface area contributed by atoms with Crippen molar-refractivity contribution in [2.75, 3.05) is 24.6 Å². The minimum absolute atomic E-state index is 0.0103. The number of nitrogens with zero attached hydrogens (tertiary/aromatic N) is 1. The van der Waals surface area contributed by atoms with Gasteiger partial charge in [0.1, 0.15) is 0 Å². The Morgan fingerprint density at radius 2 is 1.90 bits per heavy atom. The molecule has 0 spiro atoms. The maximum absolute atomic E-state index is 11.6. The Kier molecular flexibility index (Phi) is 5.62. The van der Waals surface area contributed by atoms with Crippen molar-refractivity contribution in [3.8, 4) is 0 Å². The van der Waals surface area contributed by atoms with Gasteiger partial charge in [-0.25, -0.2) is 8.42 Å². The standard InChI is InChI=1S/C14H25NO5S/c16-13(7-11-3-1-2-4-11)8-15(9-14(17)18)12-5-6-21(19,20)10-12/h11-13,16H,1-10H2,(H,17,18). The number of sulfone groups is 1. The highest BCUT2D eigenvalue weighted by Crippen LogP contribution is 2.29. The van der Waals surface area contributed by atoms with Crippen LogP contribution in [0.2, 0.25) is 0 Å². The van der Waals surface area contributed by atoms with E-state index < -0.39 is 21.9 Å². The third kappa shape index (κ3) is 5.23. The minimum Gasteiger partial charge on any atom is -0.480 e. The molecular formula is C14H25NO5S. The number of aliphatic hydroxyl groups is 1. The predicted molar refractivity (Wildman–Crippen MR) is 78.8 cm³/mol. The molecule has 1 saturated carbocycles. The molecule has 2 aliphatic rings. The lowest BCUT2D eigenvalue weighted by molar-refractivity contribution is -0.139. The van der Waals surface area contributed by atoms with Crippen LogP contribution in [-0.4, -0.2) is 66.2 Å². The number of rotatable bonds is 7. The lowest BCUT2D eigenvalue weighted by atomic mass is 9.99. The summed E-state index contributed by atoms with van der Waals surface area (Å²) in [6.07, 6.45) is 5.26. The number of hydrogen-bond acceptors (Lipinski definition) is 5. The van der Waals surface area contributed by atoms with Gasteiger partial charge in [0.05, 0.1) is 24.2 Å². The lowest BCUT2D eigenvalue weighted by Gasteiger charge is -2.29. The van der Waals surface area contributed by atoms with Gasteiger partial charge in [0, 0.05) is 12.6 Å². The Hall–Kier alpha value is -0.660. The average Bonchev–Trinajstić information content (AvgIpc) is 2.97. The third-order valence-electron chi connectivity index (χ3n) is 4.59. The molecule has 21 heavy (non-hydrogen) atoms. The van der Waals surface area contributed by atoms with Crippen molar-refractivity contribution in [1.82, 2.24) is 4.90 Å². The van der Waals surface area contributed by atoms with Gasteiger partial charge in [-0.2, -0.15) is 0 Å². The average molecular weight is 319 g/mol. The molecule has 7 heteroatoms. The van der Waals surface area contributed by atoms with E-state index >= 15 is 0 Å². The summed E-state index contributed by atoms with van der Waals surface area (Å²) < 4.78 is 23.1. The summed E-state index contributed by atoms with van der Waals surface area (Å²) >= 11 is 0. The van der Waals surface area contributed by atoms with Gasteiger partial charge in [0.2, 0.25) is 0 Å². The van der Waals surface area contributed by atoms with Crippen LogP contribution in [0.4, 0.5) is 0 Å². The molecule has 1 saturated heterocycles. The van der Waals surface area contributed by atoms with Crippen LogP contribution in [0.15, 0.2) is 0 Å². The van der Waals surface area contributed by atoms with E-state index in [1.807, 2.05) is 0 Å². The second-order valence-corrected chi connectivity index (χ2v) is 8.65. The lowest BCUT2D eigenvalue weighted by Crippen LogP contribution is -2.44. The van der Waals surface area contributed by atoms with Crippen molar-refractivity contribution in [2.24, 2.45) is 5.92 Å². The van der Waals surface area contributed by atoms with Crippen molar-refractivity contribution in [3.63, 3.8) is 0 Å². The van der Waals surface area contributed by atoms with Gasteiger partial charge in [0.25, 0.3) is 0 Å². The van der Waals surface area contributed by atoms with E-state index in [0.29, 0.717) is 18.8 Å². The SMILES string of the molecule is O=C(O)CN(CC(O)CC1CCCC1)C1CCS(=O)(=O)C1. The molecule has 6 nitrogen and oxygen atoms in total. The van der Waals surface area contributed by atoms with Gasteiger partial charge in [-0.3, -0.25) is 9.69 Å². The highest BCUT2D eigenvalue weighted by molar-refractivity contribution is 7.91. The summed E-state index contributed by atoms with van der Waals surface area (Å²) in [4.78, 5) is 12.6. The smallest absolute Gasteiger partial charge is 0.317 e. The summed E-state index contributed by atoms with van der Waals surface area (Å²) in [6, 6.07) is -0.274. The third-order valence-corrected chi connectivity index (χ3v) is 6.34. The summed E-state index contributed by atoms with van der Waals surface area (Å²) in [7, 11) is -3.05. The van der Waals surface area contributed by atoms with E-state index in [9.17, 15) is 18.3 Å². The zero-order chi connectivity index (χ0) is 15.5. The molecule has 2 unspecified atom stereocenters. The quantitative estimate of drug-likeness (QED) is 0.709. The molecule has 122 valence electrons. The maximum atomic E-state index is 11.6. The van der Waals surface area contributed by atoms with E-state index in [2.05, 4.69) is 0 Å². The highest BCUT2D eigenvalue weighted by Gasteiger charge is 2.34. The van der Waals surface area contributed by atoms with Crippen molar-refractivity contribution in [1.29, 1.82) is 0 Å². The first-order valence-corrected chi connectivity index (χ1v) is 9.52. The monoisotopic (exact) mass is 319 g/mol. The molecule has 2 atom stereocenters. The molecule has 0 bridgehead atoms. The molecule has 0 amide bonds. The number of carbonyl (C=O) groups is 1. The fourth-order valence-electron chi connectivity index (χ4n) is 3.56.